The molecule has 0 aromatic heterocycles. The molecule has 0 aromatic rings. The van der Waals surface area contributed by atoms with E-state index in [1.807, 2.05) is 37.3 Å². The predicted octanol–water partition coefficient (Wildman–Crippen LogP) is 3.09. The third kappa shape index (κ3) is 8.41. The summed E-state index contributed by atoms with van der Waals surface area (Å²) < 4.78 is 0. The summed E-state index contributed by atoms with van der Waals surface area (Å²) in [6.07, 6.45) is 13.6. The van der Waals surface area contributed by atoms with Crippen LogP contribution >= 0.6 is 0 Å². The Morgan fingerprint density at radius 2 is 1.85 bits per heavy atom. The van der Waals surface area contributed by atoms with Crippen LogP contribution in [-0.2, 0) is 0 Å². The minimum atomic E-state index is 0.568. The van der Waals surface area contributed by atoms with Gasteiger partial charge in [-0.2, -0.15) is 0 Å². The van der Waals surface area contributed by atoms with Crippen LogP contribution in [0.1, 0.15) is 13.8 Å². The van der Waals surface area contributed by atoms with Crippen LogP contribution in [0.4, 0.5) is 0 Å². The van der Waals surface area contributed by atoms with E-state index in [1.54, 1.807) is 6.08 Å². The van der Waals surface area contributed by atoms with Gasteiger partial charge in [0.15, 0.2) is 0 Å². The molecule has 0 aromatic carbocycles. The minimum absolute atomic E-state index is 0.568. The lowest BCUT2D eigenvalue weighted by Crippen LogP contribution is -1.87. The van der Waals surface area contributed by atoms with Gasteiger partial charge in [-0.3, -0.25) is 0 Å². The van der Waals surface area contributed by atoms with Crippen molar-refractivity contribution in [2.75, 3.05) is 0 Å². The van der Waals surface area contributed by atoms with Crippen molar-refractivity contribution >= 4 is 0 Å². The first-order valence-corrected chi connectivity index (χ1v) is 4.25. The van der Waals surface area contributed by atoms with Crippen molar-refractivity contribution in [3.8, 4) is 0 Å². The molecule has 0 spiro atoms. The molecule has 0 rings (SSSR count). The molecule has 0 atom stereocenters. The summed E-state index contributed by atoms with van der Waals surface area (Å²) in [7, 11) is 0. The van der Waals surface area contributed by atoms with Crippen LogP contribution in [-0.4, -0.2) is 0 Å². The fourth-order valence-electron chi connectivity index (χ4n) is 0.769. The van der Waals surface area contributed by atoms with E-state index in [4.69, 9.17) is 5.73 Å². The second-order valence-electron chi connectivity index (χ2n) is 2.73. The zero-order valence-electron chi connectivity index (χ0n) is 8.33. The van der Waals surface area contributed by atoms with Gasteiger partial charge >= 0.3 is 0 Å². The van der Waals surface area contributed by atoms with Crippen LogP contribution in [0.3, 0.4) is 0 Å². The molecule has 0 saturated carbocycles. The van der Waals surface area contributed by atoms with Crippen LogP contribution in [0.25, 0.3) is 0 Å². The Morgan fingerprint density at radius 1 is 1.15 bits per heavy atom. The van der Waals surface area contributed by atoms with Gasteiger partial charge in [-0.05, 0) is 19.9 Å². The molecule has 0 heterocycles. The van der Waals surface area contributed by atoms with Gasteiger partial charge < -0.3 is 5.73 Å². The molecule has 1 nitrogen and oxygen atoms in total. The van der Waals surface area contributed by atoms with Gasteiger partial charge in [-0.1, -0.05) is 48.6 Å². The fraction of sp³-hybridized carbons (Fsp3) is 0.167. The molecule has 70 valence electrons. The second kappa shape index (κ2) is 7.17. The molecule has 0 unspecified atom stereocenters. The van der Waals surface area contributed by atoms with Crippen LogP contribution in [0.15, 0.2) is 60.4 Å². The zero-order valence-corrected chi connectivity index (χ0v) is 8.33. The lowest BCUT2D eigenvalue weighted by molar-refractivity contribution is 1.45. The summed E-state index contributed by atoms with van der Waals surface area (Å²) in [6, 6.07) is 0. The Morgan fingerprint density at radius 3 is 2.38 bits per heavy atom. The van der Waals surface area contributed by atoms with E-state index < -0.39 is 0 Å². The zero-order chi connectivity index (χ0) is 10.1. The summed E-state index contributed by atoms with van der Waals surface area (Å²) in [5.41, 5.74) is 7.13. The molecule has 0 bridgehead atoms. The van der Waals surface area contributed by atoms with Gasteiger partial charge in [0.2, 0.25) is 0 Å². The maximum Gasteiger partial charge on any atom is 0.0240 e. The fourth-order valence-corrected chi connectivity index (χ4v) is 0.769. The Hall–Kier alpha value is -1.50. The van der Waals surface area contributed by atoms with Gasteiger partial charge in [0.1, 0.15) is 0 Å². The molecule has 0 amide bonds. The molecule has 0 saturated heterocycles. The minimum Gasteiger partial charge on any atom is -0.399 e. The lowest BCUT2D eigenvalue weighted by atomic mass is 10.2. The standard InChI is InChI=1S/C12H17N/c1-4-8-11(2)9-6-5-7-10-12(3)13/h4-10H,3,13H2,1-2H3/b6-5+,8-4-,10-7+,11-9-. The second-order valence-corrected chi connectivity index (χ2v) is 2.73. The van der Waals surface area contributed by atoms with Crippen molar-refractivity contribution < 1.29 is 0 Å². The molecule has 13 heavy (non-hydrogen) atoms. The molecule has 2 N–H and O–H groups in total. The number of hydrogen-bond acceptors (Lipinski definition) is 1. The Bertz CT molecular complexity index is 265. The number of allylic oxidation sites excluding steroid dienone is 8. The van der Waals surface area contributed by atoms with E-state index in [0.29, 0.717) is 5.70 Å². The van der Waals surface area contributed by atoms with Crippen LogP contribution in [0, 0.1) is 0 Å². The van der Waals surface area contributed by atoms with E-state index in [1.165, 1.54) is 5.57 Å². The first-order valence-electron chi connectivity index (χ1n) is 4.25. The highest BCUT2D eigenvalue weighted by Crippen LogP contribution is 1.95. The molecule has 0 aliphatic carbocycles. The lowest BCUT2D eigenvalue weighted by Gasteiger charge is -1.85. The van der Waals surface area contributed by atoms with Crippen molar-refractivity contribution in [3.63, 3.8) is 0 Å². The first kappa shape index (κ1) is 11.5. The maximum absolute atomic E-state index is 5.34. The van der Waals surface area contributed by atoms with Crippen molar-refractivity contribution in [1.29, 1.82) is 0 Å². The van der Waals surface area contributed by atoms with Crippen molar-refractivity contribution in [1.82, 2.24) is 0 Å². The number of hydrogen-bond donors (Lipinski definition) is 1. The average Bonchev–Trinajstić information content (AvgIpc) is 2.03. The first-order chi connectivity index (χ1) is 6.16. The molecular weight excluding hydrogens is 158 g/mol. The highest BCUT2D eigenvalue weighted by molar-refractivity contribution is 5.24. The Labute approximate surface area is 80.6 Å². The van der Waals surface area contributed by atoms with Gasteiger partial charge in [0, 0.05) is 5.70 Å². The van der Waals surface area contributed by atoms with Crippen molar-refractivity contribution in [2.24, 2.45) is 5.73 Å². The van der Waals surface area contributed by atoms with E-state index in [-0.39, 0.29) is 0 Å². The smallest absolute Gasteiger partial charge is 0.0240 e. The summed E-state index contributed by atoms with van der Waals surface area (Å²) in [5.74, 6) is 0. The Kier molecular flexibility index (Phi) is 6.34. The van der Waals surface area contributed by atoms with Gasteiger partial charge in [0.25, 0.3) is 0 Å². The van der Waals surface area contributed by atoms with E-state index >= 15 is 0 Å². The third-order valence-corrected chi connectivity index (χ3v) is 1.32. The molecule has 0 radical (unpaired) electrons. The highest BCUT2D eigenvalue weighted by atomic mass is 14.5. The van der Waals surface area contributed by atoms with Gasteiger partial charge in [-0.15, -0.1) is 0 Å². The van der Waals surface area contributed by atoms with Crippen LogP contribution < -0.4 is 5.73 Å². The highest BCUT2D eigenvalue weighted by Gasteiger charge is 1.74. The van der Waals surface area contributed by atoms with Crippen molar-refractivity contribution in [3.05, 3.63) is 60.4 Å². The molecule has 1 heteroatoms. The molecule has 0 aliphatic rings. The van der Waals surface area contributed by atoms with E-state index in [2.05, 4.69) is 19.6 Å². The van der Waals surface area contributed by atoms with Crippen LogP contribution in [0.2, 0.25) is 0 Å². The van der Waals surface area contributed by atoms with E-state index in [9.17, 15) is 0 Å². The van der Waals surface area contributed by atoms with Crippen LogP contribution in [0.5, 0.6) is 0 Å². The van der Waals surface area contributed by atoms with Gasteiger partial charge in [-0.25, -0.2) is 0 Å². The number of nitrogens with two attached hydrogens (primary N) is 1. The SMILES string of the molecule is C=C(N)/C=C/C=C/C=C(C)\C=C/C. The Balaban J connectivity index is 4.00. The quantitative estimate of drug-likeness (QED) is 0.653. The summed E-state index contributed by atoms with van der Waals surface area (Å²) in [4.78, 5) is 0. The molecular formula is C12H17N. The summed E-state index contributed by atoms with van der Waals surface area (Å²) in [6.45, 7) is 7.60. The normalized spacial score (nSPS) is 13.5. The summed E-state index contributed by atoms with van der Waals surface area (Å²) >= 11 is 0. The largest absolute Gasteiger partial charge is 0.399 e. The average molecular weight is 175 g/mol. The molecule has 0 aliphatic heterocycles. The van der Waals surface area contributed by atoms with Gasteiger partial charge in [0.05, 0.1) is 0 Å². The number of rotatable bonds is 4. The maximum atomic E-state index is 5.34. The third-order valence-electron chi connectivity index (χ3n) is 1.32. The predicted molar refractivity (Wildman–Crippen MR) is 60.2 cm³/mol. The van der Waals surface area contributed by atoms with E-state index in [0.717, 1.165) is 0 Å². The monoisotopic (exact) mass is 175 g/mol. The summed E-state index contributed by atoms with van der Waals surface area (Å²) in [5, 5.41) is 0. The van der Waals surface area contributed by atoms with Crippen molar-refractivity contribution in [2.45, 2.75) is 13.8 Å². The topological polar surface area (TPSA) is 26.0 Å². The molecule has 0 fully saturated rings.